The number of H-pyrrole nitrogens is 1. The molecule has 3 aromatic rings. The van der Waals surface area contributed by atoms with Crippen LogP contribution in [0.1, 0.15) is 28.0 Å². The number of nitrogens with zero attached hydrogens (tertiary/aromatic N) is 5. The van der Waals surface area contributed by atoms with E-state index >= 15 is 0 Å². The average Bonchev–Trinajstić information content (AvgIpc) is 3.27. The van der Waals surface area contributed by atoms with Crippen molar-refractivity contribution in [2.75, 3.05) is 24.5 Å². The Morgan fingerprint density at radius 1 is 1.15 bits per heavy atom. The fraction of sp³-hybridized carbons (Fsp3) is 0.389. The normalized spacial score (nSPS) is 16.5. The summed E-state index contributed by atoms with van der Waals surface area (Å²) in [4.78, 5) is 14.6. The number of hydrogen-bond acceptors (Lipinski definition) is 6. The van der Waals surface area contributed by atoms with E-state index in [0.29, 0.717) is 23.5 Å². The Morgan fingerprint density at radius 3 is 2.96 bits per heavy atom. The van der Waals surface area contributed by atoms with Crippen molar-refractivity contribution in [3.63, 3.8) is 0 Å². The summed E-state index contributed by atoms with van der Waals surface area (Å²) in [6, 6.07) is 7.50. The Morgan fingerprint density at radius 2 is 2.04 bits per heavy atom. The SMILES string of the molecule is O=C(NCC1CN(c2cc3c(nn2)CCC3)C1)c1ccc2n[nH]nc2c1. The van der Waals surface area contributed by atoms with Gasteiger partial charge in [-0.3, -0.25) is 4.79 Å². The zero-order valence-corrected chi connectivity index (χ0v) is 14.3. The van der Waals surface area contributed by atoms with E-state index in [1.807, 2.05) is 0 Å². The quantitative estimate of drug-likeness (QED) is 0.732. The van der Waals surface area contributed by atoms with Crippen LogP contribution in [0.25, 0.3) is 11.0 Å². The van der Waals surface area contributed by atoms with E-state index in [1.165, 1.54) is 12.0 Å². The summed E-state index contributed by atoms with van der Waals surface area (Å²) in [7, 11) is 0. The van der Waals surface area contributed by atoms with Crippen molar-refractivity contribution in [1.29, 1.82) is 0 Å². The van der Waals surface area contributed by atoms with Gasteiger partial charge >= 0.3 is 0 Å². The zero-order chi connectivity index (χ0) is 17.5. The van der Waals surface area contributed by atoms with E-state index in [1.54, 1.807) is 18.2 Å². The highest BCUT2D eigenvalue weighted by atomic mass is 16.1. The predicted molar refractivity (Wildman–Crippen MR) is 96.0 cm³/mol. The molecule has 0 spiro atoms. The highest BCUT2D eigenvalue weighted by molar-refractivity contribution is 5.97. The molecular formula is C18H19N7O. The van der Waals surface area contributed by atoms with E-state index < -0.39 is 0 Å². The number of hydrogen-bond donors (Lipinski definition) is 2. The second-order valence-electron chi connectivity index (χ2n) is 7.04. The van der Waals surface area contributed by atoms with E-state index in [2.05, 4.69) is 41.9 Å². The summed E-state index contributed by atoms with van der Waals surface area (Å²) >= 11 is 0. The zero-order valence-electron chi connectivity index (χ0n) is 14.3. The molecule has 1 amide bonds. The van der Waals surface area contributed by atoms with Crippen LogP contribution in [0.3, 0.4) is 0 Å². The molecule has 0 unspecified atom stereocenters. The topological polar surface area (TPSA) is 99.7 Å². The maximum Gasteiger partial charge on any atom is 0.251 e. The summed E-state index contributed by atoms with van der Waals surface area (Å²) in [5.74, 6) is 1.32. The number of benzene rings is 1. The smallest absolute Gasteiger partial charge is 0.251 e. The van der Waals surface area contributed by atoms with Crippen LogP contribution < -0.4 is 10.2 Å². The molecule has 26 heavy (non-hydrogen) atoms. The molecule has 1 aromatic carbocycles. The molecule has 5 rings (SSSR count). The first-order chi connectivity index (χ1) is 12.8. The minimum absolute atomic E-state index is 0.0781. The molecule has 1 aliphatic heterocycles. The molecule has 1 aliphatic carbocycles. The third-order valence-corrected chi connectivity index (χ3v) is 5.22. The molecule has 0 saturated carbocycles. The van der Waals surface area contributed by atoms with Crippen LogP contribution in [0.2, 0.25) is 0 Å². The molecule has 8 heteroatoms. The number of rotatable bonds is 4. The maximum absolute atomic E-state index is 12.3. The number of carbonyl (C=O) groups excluding carboxylic acids is 1. The van der Waals surface area contributed by atoms with E-state index in [4.69, 9.17) is 0 Å². The molecule has 2 aromatic heterocycles. The molecule has 3 heterocycles. The average molecular weight is 349 g/mol. The maximum atomic E-state index is 12.3. The van der Waals surface area contributed by atoms with Gasteiger partial charge in [0.15, 0.2) is 5.82 Å². The number of nitrogens with one attached hydrogen (secondary N) is 2. The van der Waals surface area contributed by atoms with Crippen molar-refractivity contribution in [2.45, 2.75) is 19.3 Å². The molecule has 132 valence electrons. The Bertz CT molecular complexity index is 977. The van der Waals surface area contributed by atoms with Crippen molar-refractivity contribution >= 4 is 22.8 Å². The minimum Gasteiger partial charge on any atom is -0.354 e. The Hall–Kier alpha value is -3.03. The van der Waals surface area contributed by atoms with E-state index in [9.17, 15) is 4.79 Å². The second-order valence-corrected chi connectivity index (χ2v) is 7.04. The lowest BCUT2D eigenvalue weighted by atomic mass is 10.00. The Balaban J connectivity index is 1.16. The van der Waals surface area contributed by atoms with Crippen LogP contribution in [-0.4, -0.2) is 51.1 Å². The van der Waals surface area contributed by atoms with Gasteiger partial charge in [-0.25, -0.2) is 0 Å². The van der Waals surface area contributed by atoms with Crippen molar-refractivity contribution in [3.8, 4) is 0 Å². The molecule has 0 atom stereocenters. The van der Waals surface area contributed by atoms with Crippen molar-refractivity contribution in [3.05, 3.63) is 41.1 Å². The van der Waals surface area contributed by atoms with Crippen LogP contribution in [0.4, 0.5) is 5.82 Å². The van der Waals surface area contributed by atoms with Crippen molar-refractivity contribution in [2.24, 2.45) is 5.92 Å². The molecule has 0 radical (unpaired) electrons. The number of aromatic nitrogens is 5. The fourth-order valence-electron chi connectivity index (χ4n) is 3.68. The van der Waals surface area contributed by atoms with Crippen LogP contribution in [0, 0.1) is 5.92 Å². The number of aromatic amines is 1. The van der Waals surface area contributed by atoms with Gasteiger partial charge in [0.25, 0.3) is 5.91 Å². The standard InChI is InChI=1S/C18H19N7O/c26-18(13-4-5-15-16(6-13)22-24-21-15)19-8-11-9-25(10-11)17-7-12-2-1-3-14(12)20-23-17/h4-7,11H,1-3,8-10H2,(H,19,26)(H,21,22,24). The first kappa shape index (κ1) is 15.2. The molecule has 1 saturated heterocycles. The molecule has 2 N–H and O–H groups in total. The van der Waals surface area contributed by atoms with Crippen molar-refractivity contribution in [1.82, 2.24) is 30.9 Å². The van der Waals surface area contributed by atoms with Gasteiger partial charge < -0.3 is 10.2 Å². The molecule has 1 fully saturated rings. The van der Waals surface area contributed by atoms with Crippen molar-refractivity contribution < 1.29 is 4.79 Å². The van der Waals surface area contributed by atoms with Gasteiger partial charge in [0.2, 0.25) is 0 Å². The van der Waals surface area contributed by atoms with Crippen LogP contribution in [-0.2, 0) is 12.8 Å². The first-order valence-corrected chi connectivity index (χ1v) is 8.95. The number of amides is 1. The van der Waals surface area contributed by atoms with Gasteiger partial charge in [-0.2, -0.15) is 20.5 Å². The number of carbonyl (C=O) groups is 1. The van der Waals surface area contributed by atoms with Crippen LogP contribution in [0.5, 0.6) is 0 Å². The van der Waals surface area contributed by atoms with E-state index in [-0.39, 0.29) is 5.91 Å². The fourth-order valence-corrected chi connectivity index (χ4v) is 3.68. The van der Waals surface area contributed by atoms with Gasteiger partial charge in [0, 0.05) is 31.1 Å². The van der Waals surface area contributed by atoms with Gasteiger partial charge in [0.1, 0.15) is 11.0 Å². The number of fused-ring (bicyclic) bond motifs is 2. The number of aryl methyl sites for hydroxylation is 2. The monoisotopic (exact) mass is 349 g/mol. The van der Waals surface area contributed by atoms with Gasteiger partial charge in [-0.1, -0.05) is 0 Å². The lowest BCUT2D eigenvalue weighted by molar-refractivity contribution is 0.0944. The summed E-state index contributed by atoms with van der Waals surface area (Å²) in [5, 5.41) is 22.3. The summed E-state index contributed by atoms with van der Waals surface area (Å²) < 4.78 is 0. The Kier molecular flexibility index (Phi) is 3.55. The highest BCUT2D eigenvalue weighted by Crippen LogP contribution is 2.26. The lowest BCUT2D eigenvalue weighted by Crippen LogP contribution is -2.52. The van der Waals surface area contributed by atoms with Gasteiger partial charge in [0.05, 0.1) is 5.69 Å². The Labute approximate surface area is 150 Å². The minimum atomic E-state index is -0.0781. The number of anilines is 1. The lowest BCUT2D eigenvalue weighted by Gasteiger charge is -2.40. The predicted octanol–water partition coefficient (Wildman–Crippen LogP) is 1.10. The first-order valence-electron chi connectivity index (χ1n) is 8.95. The summed E-state index contributed by atoms with van der Waals surface area (Å²) in [6.07, 6.45) is 3.35. The third kappa shape index (κ3) is 2.67. The van der Waals surface area contributed by atoms with Gasteiger partial charge in [-0.15, -0.1) is 5.10 Å². The van der Waals surface area contributed by atoms with Gasteiger partial charge in [-0.05, 0) is 49.1 Å². The highest BCUT2D eigenvalue weighted by Gasteiger charge is 2.29. The van der Waals surface area contributed by atoms with Crippen LogP contribution >= 0.6 is 0 Å². The second kappa shape index (κ2) is 6.05. The van der Waals surface area contributed by atoms with E-state index in [0.717, 1.165) is 43.0 Å². The molecule has 2 aliphatic rings. The third-order valence-electron chi connectivity index (χ3n) is 5.22. The largest absolute Gasteiger partial charge is 0.354 e. The summed E-state index contributed by atoms with van der Waals surface area (Å²) in [5.41, 5.74) is 4.55. The summed E-state index contributed by atoms with van der Waals surface area (Å²) in [6.45, 7) is 2.46. The molecular weight excluding hydrogens is 330 g/mol. The molecule has 0 bridgehead atoms. The van der Waals surface area contributed by atoms with Crippen LogP contribution in [0.15, 0.2) is 24.3 Å². The molecule has 8 nitrogen and oxygen atoms in total.